The van der Waals surface area contributed by atoms with Crippen LogP contribution >= 0.6 is 0 Å². The summed E-state index contributed by atoms with van der Waals surface area (Å²) >= 11 is 0. The van der Waals surface area contributed by atoms with Gasteiger partial charge in [-0.1, -0.05) is 6.92 Å². The molecule has 1 aromatic rings. The highest BCUT2D eigenvalue weighted by molar-refractivity contribution is 5.29. The van der Waals surface area contributed by atoms with Crippen LogP contribution in [0.5, 0.6) is 0 Å². The smallest absolute Gasteiger partial charge is 0.202 e. The normalized spacial score (nSPS) is 11.7. The van der Waals surface area contributed by atoms with Gasteiger partial charge in [-0.2, -0.15) is 0 Å². The molecule has 0 amide bonds. The third kappa shape index (κ3) is 2.00. The fraction of sp³-hybridized carbons (Fsp3) is 0.667. The van der Waals surface area contributed by atoms with Gasteiger partial charge < -0.3 is 9.88 Å². The second-order valence-corrected chi connectivity index (χ2v) is 3.72. The van der Waals surface area contributed by atoms with Gasteiger partial charge in [0.25, 0.3) is 0 Å². The largest absolute Gasteiger partial charge is 0.351 e. The molecule has 1 aromatic heterocycles. The molecular formula is C9H17N3. The fourth-order valence-electron chi connectivity index (χ4n) is 0.877. The Morgan fingerprint density at radius 1 is 1.58 bits per heavy atom. The lowest BCUT2D eigenvalue weighted by atomic mass is 10.0. The monoisotopic (exact) mass is 167 g/mol. The third-order valence-corrected chi connectivity index (χ3v) is 2.16. The van der Waals surface area contributed by atoms with Gasteiger partial charge in [0.05, 0.1) is 0 Å². The van der Waals surface area contributed by atoms with Crippen LogP contribution < -0.4 is 5.32 Å². The van der Waals surface area contributed by atoms with Crippen molar-refractivity contribution in [2.24, 2.45) is 7.05 Å². The van der Waals surface area contributed by atoms with E-state index in [1.807, 2.05) is 17.8 Å². The van der Waals surface area contributed by atoms with Crippen molar-refractivity contribution in [3.8, 4) is 0 Å². The van der Waals surface area contributed by atoms with Crippen molar-refractivity contribution in [3.05, 3.63) is 12.4 Å². The van der Waals surface area contributed by atoms with E-state index in [1.54, 1.807) is 6.20 Å². The predicted octanol–water partition coefficient (Wildman–Crippen LogP) is 2.02. The van der Waals surface area contributed by atoms with Crippen LogP contribution in [0.25, 0.3) is 0 Å². The van der Waals surface area contributed by atoms with Gasteiger partial charge in [-0.3, -0.25) is 0 Å². The fourth-order valence-corrected chi connectivity index (χ4v) is 0.877. The van der Waals surface area contributed by atoms with Crippen LogP contribution in [0.2, 0.25) is 0 Å². The molecule has 0 saturated carbocycles. The molecule has 3 heteroatoms. The molecule has 0 aliphatic rings. The highest BCUT2D eigenvalue weighted by atomic mass is 15.2. The van der Waals surface area contributed by atoms with E-state index in [9.17, 15) is 0 Å². The van der Waals surface area contributed by atoms with E-state index in [0.29, 0.717) is 0 Å². The molecule has 3 nitrogen and oxygen atoms in total. The van der Waals surface area contributed by atoms with Crippen molar-refractivity contribution >= 4 is 5.95 Å². The summed E-state index contributed by atoms with van der Waals surface area (Å²) in [6, 6.07) is 0. The average molecular weight is 167 g/mol. The first-order valence-electron chi connectivity index (χ1n) is 4.30. The molecule has 68 valence electrons. The SMILES string of the molecule is CCC(C)(C)Nc1nccn1C. The summed E-state index contributed by atoms with van der Waals surface area (Å²) < 4.78 is 1.98. The van der Waals surface area contributed by atoms with E-state index in [4.69, 9.17) is 0 Å². The number of nitrogens with zero attached hydrogens (tertiary/aromatic N) is 2. The van der Waals surface area contributed by atoms with Gasteiger partial charge in [0.2, 0.25) is 5.95 Å². The number of aryl methyl sites for hydroxylation is 1. The Bertz CT molecular complexity index is 250. The van der Waals surface area contributed by atoms with Crippen molar-refractivity contribution in [3.63, 3.8) is 0 Å². The molecule has 0 spiro atoms. The predicted molar refractivity (Wildman–Crippen MR) is 51.2 cm³/mol. The number of hydrogen-bond acceptors (Lipinski definition) is 2. The van der Waals surface area contributed by atoms with Gasteiger partial charge >= 0.3 is 0 Å². The van der Waals surface area contributed by atoms with E-state index in [-0.39, 0.29) is 5.54 Å². The first-order valence-corrected chi connectivity index (χ1v) is 4.30. The van der Waals surface area contributed by atoms with Crippen LogP contribution in [0.3, 0.4) is 0 Å². The number of nitrogens with one attached hydrogen (secondary N) is 1. The minimum atomic E-state index is 0.124. The Kier molecular flexibility index (Phi) is 2.40. The van der Waals surface area contributed by atoms with Crippen LogP contribution in [0.15, 0.2) is 12.4 Å². The molecule has 0 fully saturated rings. The van der Waals surface area contributed by atoms with E-state index >= 15 is 0 Å². The van der Waals surface area contributed by atoms with E-state index in [0.717, 1.165) is 12.4 Å². The second kappa shape index (κ2) is 3.17. The third-order valence-electron chi connectivity index (χ3n) is 2.16. The maximum Gasteiger partial charge on any atom is 0.202 e. The summed E-state index contributed by atoms with van der Waals surface area (Å²) in [7, 11) is 1.99. The number of imidazole rings is 1. The van der Waals surface area contributed by atoms with Crippen molar-refractivity contribution in [1.29, 1.82) is 0 Å². The maximum absolute atomic E-state index is 4.20. The molecule has 1 N–H and O–H groups in total. The molecule has 1 heterocycles. The lowest BCUT2D eigenvalue weighted by Crippen LogP contribution is -2.31. The van der Waals surface area contributed by atoms with Crippen LogP contribution in [0.1, 0.15) is 27.2 Å². The molecule has 12 heavy (non-hydrogen) atoms. The van der Waals surface area contributed by atoms with Crippen molar-refractivity contribution in [2.75, 3.05) is 5.32 Å². The molecular weight excluding hydrogens is 150 g/mol. The quantitative estimate of drug-likeness (QED) is 0.746. The van der Waals surface area contributed by atoms with Gasteiger partial charge in [0.1, 0.15) is 0 Å². The Hall–Kier alpha value is -0.990. The van der Waals surface area contributed by atoms with Gasteiger partial charge in [-0.15, -0.1) is 0 Å². The zero-order valence-corrected chi connectivity index (χ0v) is 8.26. The molecule has 0 saturated heterocycles. The Labute approximate surface area is 73.8 Å². The topological polar surface area (TPSA) is 29.9 Å². The van der Waals surface area contributed by atoms with Gasteiger partial charge in [0, 0.05) is 25.0 Å². The first kappa shape index (κ1) is 9.10. The maximum atomic E-state index is 4.20. The molecule has 0 radical (unpaired) electrons. The summed E-state index contributed by atoms with van der Waals surface area (Å²) in [5.74, 6) is 0.932. The first-order chi connectivity index (χ1) is 5.55. The van der Waals surface area contributed by atoms with Gasteiger partial charge in [-0.05, 0) is 20.3 Å². The minimum Gasteiger partial charge on any atom is -0.351 e. The highest BCUT2D eigenvalue weighted by Gasteiger charge is 2.15. The van der Waals surface area contributed by atoms with E-state index in [1.165, 1.54) is 0 Å². The Morgan fingerprint density at radius 3 is 2.67 bits per heavy atom. The zero-order chi connectivity index (χ0) is 9.19. The molecule has 0 aromatic carbocycles. The lowest BCUT2D eigenvalue weighted by molar-refractivity contribution is 0.539. The highest BCUT2D eigenvalue weighted by Crippen LogP contribution is 2.14. The Balaban J connectivity index is 2.70. The lowest BCUT2D eigenvalue weighted by Gasteiger charge is -2.24. The summed E-state index contributed by atoms with van der Waals surface area (Å²) in [6.45, 7) is 6.50. The summed E-state index contributed by atoms with van der Waals surface area (Å²) in [5, 5.41) is 3.37. The molecule has 0 aliphatic carbocycles. The van der Waals surface area contributed by atoms with Crippen LogP contribution in [0, 0.1) is 0 Å². The average Bonchev–Trinajstić information content (AvgIpc) is 2.36. The van der Waals surface area contributed by atoms with Gasteiger partial charge in [-0.25, -0.2) is 4.98 Å². The van der Waals surface area contributed by atoms with E-state index < -0.39 is 0 Å². The molecule has 0 bridgehead atoms. The van der Waals surface area contributed by atoms with Crippen LogP contribution in [0.4, 0.5) is 5.95 Å². The minimum absolute atomic E-state index is 0.124. The summed E-state index contributed by atoms with van der Waals surface area (Å²) in [6.07, 6.45) is 4.82. The molecule has 0 aliphatic heterocycles. The zero-order valence-electron chi connectivity index (χ0n) is 8.26. The summed E-state index contributed by atoms with van der Waals surface area (Å²) in [4.78, 5) is 4.20. The van der Waals surface area contributed by atoms with Crippen molar-refractivity contribution < 1.29 is 0 Å². The van der Waals surface area contributed by atoms with Crippen molar-refractivity contribution in [2.45, 2.75) is 32.7 Å². The van der Waals surface area contributed by atoms with E-state index in [2.05, 4.69) is 31.1 Å². The van der Waals surface area contributed by atoms with Crippen molar-refractivity contribution in [1.82, 2.24) is 9.55 Å². The molecule has 0 atom stereocenters. The second-order valence-electron chi connectivity index (χ2n) is 3.72. The molecule has 0 unspecified atom stereocenters. The Morgan fingerprint density at radius 2 is 2.25 bits per heavy atom. The number of anilines is 1. The summed E-state index contributed by atoms with van der Waals surface area (Å²) in [5.41, 5.74) is 0.124. The number of rotatable bonds is 3. The van der Waals surface area contributed by atoms with Crippen LogP contribution in [-0.4, -0.2) is 15.1 Å². The standard InChI is InChI=1S/C9H17N3/c1-5-9(2,3)11-8-10-6-7-12(8)4/h6-7H,5H2,1-4H3,(H,10,11). The molecule has 1 rings (SSSR count). The van der Waals surface area contributed by atoms with Gasteiger partial charge in [0.15, 0.2) is 0 Å². The van der Waals surface area contributed by atoms with Crippen LogP contribution in [-0.2, 0) is 7.05 Å². The number of hydrogen-bond donors (Lipinski definition) is 1. The number of aromatic nitrogens is 2.